The topological polar surface area (TPSA) is 86.7 Å². The maximum absolute atomic E-state index is 13.0. The number of carbonyl (C=O) groups excluding carboxylic acids is 1. The lowest BCUT2D eigenvalue weighted by Gasteiger charge is -2.08. The van der Waals surface area contributed by atoms with E-state index in [0.717, 1.165) is 17.7 Å². The first-order valence-corrected chi connectivity index (χ1v) is 7.15. The number of halogens is 1. The number of esters is 1. The summed E-state index contributed by atoms with van der Waals surface area (Å²) in [5, 5.41) is 0. The van der Waals surface area contributed by atoms with E-state index in [1.54, 1.807) is 18.3 Å². The van der Waals surface area contributed by atoms with Gasteiger partial charge in [-0.05, 0) is 42.8 Å². The molecule has 3 aromatic rings. The minimum Gasteiger partial charge on any atom is -0.456 e. The number of hydrogen-bond donors (Lipinski definition) is 1. The van der Waals surface area contributed by atoms with Crippen LogP contribution in [-0.2, 0) is 11.3 Å². The van der Waals surface area contributed by atoms with E-state index >= 15 is 0 Å². The van der Waals surface area contributed by atoms with Crippen molar-refractivity contribution in [1.29, 1.82) is 0 Å². The molecule has 0 spiro atoms. The van der Waals surface area contributed by atoms with Gasteiger partial charge in [0.2, 0.25) is 0 Å². The van der Waals surface area contributed by atoms with Gasteiger partial charge in [0, 0.05) is 18.0 Å². The highest BCUT2D eigenvalue weighted by atomic mass is 19.1. The van der Waals surface area contributed by atoms with Crippen molar-refractivity contribution in [1.82, 2.24) is 9.38 Å². The van der Waals surface area contributed by atoms with Gasteiger partial charge in [-0.15, -0.1) is 0 Å². The number of ether oxygens (including phenoxy) is 1. The number of nitrogens with zero attached hydrogens (tertiary/aromatic N) is 2. The first-order chi connectivity index (χ1) is 11.4. The summed E-state index contributed by atoms with van der Waals surface area (Å²) >= 11 is 0. The molecule has 24 heavy (non-hydrogen) atoms. The molecule has 0 bridgehead atoms. The molecule has 6 nitrogen and oxygen atoms in total. The van der Waals surface area contributed by atoms with Crippen LogP contribution in [0.1, 0.15) is 21.6 Å². The molecule has 0 amide bonds. The number of rotatable bonds is 3. The first-order valence-electron chi connectivity index (χ1n) is 7.15. The summed E-state index contributed by atoms with van der Waals surface area (Å²) in [7, 11) is 0. The van der Waals surface area contributed by atoms with E-state index in [-0.39, 0.29) is 23.4 Å². The van der Waals surface area contributed by atoms with Gasteiger partial charge in [0.1, 0.15) is 18.1 Å². The Kier molecular flexibility index (Phi) is 3.99. The van der Waals surface area contributed by atoms with Crippen molar-refractivity contribution in [2.24, 2.45) is 0 Å². The zero-order chi connectivity index (χ0) is 17.3. The molecule has 0 unspecified atom stereocenters. The Morgan fingerprint density at radius 2 is 2.08 bits per heavy atom. The van der Waals surface area contributed by atoms with Crippen molar-refractivity contribution in [2.45, 2.75) is 13.5 Å². The number of aromatic nitrogens is 2. The van der Waals surface area contributed by atoms with Crippen LogP contribution in [0.5, 0.6) is 0 Å². The normalized spacial score (nSPS) is 10.8. The van der Waals surface area contributed by atoms with Crippen molar-refractivity contribution < 1.29 is 13.9 Å². The van der Waals surface area contributed by atoms with Crippen molar-refractivity contribution in [3.8, 4) is 0 Å². The summed E-state index contributed by atoms with van der Waals surface area (Å²) in [5.74, 6) is -1.25. The van der Waals surface area contributed by atoms with Crippen LogP contribution in [0, 0.1) is 12.7 Å². The third kappa shape index (κ3) is 3.10. The van der Waals surface area contributed by atoms with Crippen LogP contribution in [0.3, 0.4) is 0 Å². The van der Waals surface area contributed by atoms with Crippen molar-refractivity contribution in [3.05, 3.63) is 75.6 Å². The van der Waals surface area contributed by atoms with Crippen LogP contribution >= 0.6 is 0 Å². The molecule has 0 saturated carbocycles. The second-order valence-corrected chi connectivity index (χ2v) is 5.33. The third-order valence-electron chi connectivity index (χ3n) is 3.46. The number of hydrogen-bond acceptors (Lipinski definition) is 5. The zero-order valence-electron chi connectivity index (χ0n) is 12.8. The largest absolute Gasteiger partial charge is 0.456 e. The van der Waals surface area contributed by atoms with E-state index in [1.165, 1.54) is 16.5 Å². The number of fused-ring (bicyclic) bond motifs is 1. The predicted molar refractivity (Wildman–Crippen MR) is 86.1 cm³/mol. The number of nitrogen functional groups attached to an aromatic ring is 1. The standard InChI is InChI=1S/C17H14FN3O3/c1-10-4-5-21-15(6-10)20-12(8-16(21)22)9-24-17(23)13-3-2-11(18)7-14(13)19/h2-8H,9,19H2,1H3. The summed E-state index contributed by atoms with van der Waals surface area (Å²) in [4.78, 5) is 28.3. The van der Waals surface area contributed by atoms with Gasteiger partial charge >= 0.3 is 5.97 Å². The minimum atomic E-state index is -0.709. The first kappa shape index (κ1) is 15.7. The molecular weight excluding hydrogens is 313 g/mol. The number of aryl methyl sites for hydroxylation is 1. The maximum Gasteiger partial charge on any atom is 0.340 e. The van der Waals surface area contributed by atoms with E-state index in [1.807, 2.05) is 6.92 Å². The Bertz CT molecular complexity index is 998. The van der Waals surface area contributed by atoms with Crippen molar-refractivity contribution in [3.63, 3.8) is 0 Å². The van der Waals surface area contributed by atoms with Crippen LogP contribution in [0.2, 0.25) is 0 Å². The molecule has 0 atom stereocenters. The molecular formula is C17H14FN3O3. The maximum atomic E-state index is 13.0. The lowest BCUT2D eigenvalue weighted by Crippen LogP contribution is -2.17. The summed E-state index contributed by atoms with van der Waals surface area (Å²) in [6.45, 7) is 1.70. The van der Waals surface area contributed by atoms with Gasteiger partial charge < -0.3 is 10.5 Å². The summed E-state index contributed by atoms with van der Waals surface area (Å²) < 4.78 is 19.5. The van der Waals surface area contributed by atoms with Crippen LogP contribution < -0.4 is 11.3 Å². The van der Waals surface area contributed by atoms with Crippen molar-refractivity contribution in [2.75, 3.05) is 5.73 Å². The SMILES string of the molecule is Cc1ccn2c(=O)cc(COC(=O)c3ccc(F)cc3N)nc2c1. The highest BCUT2D eigenvalue weighted by molar-refractivity contribution is 5.94. The Hall–Kier alpha value is -3.22. The summed E-state index contributed by atoms with van der Waals surface area (Å²) in [6, 6.07) is 8.26. The second-order valence-electron chi connectivity index (χ2n) is 5.33. The second kappa shape index (κ2) is 6.11. The number of benzene rings is 1. The van der Waals surface area contributed by atoms with E-state index < -0.39 is 11.8 Å². The van der Waals surface area contributed by atoms with Gasteiger partial charge in [0.15, 0.2) is 0 Å². The predicted octanol–water partition coefficient (Wildman–Crippen LogP) is 2.08. The summed E-state index contributed by atoms with van der Waals surface area (Å²) in [6.07, 6.45) is 1.63. The number of nitrogens with two attached hydrogens (primary N) is 1. The molecule has 0 aliphatic heterocycles. The van der Waals surface area contributed by atoms with Crippen molar-refractivity contribution >= 4 is 17.3 Å². The van der Waals surface area contributed by atoms with Crippen LogP contribution in [0.25, 0.3) is 5.65 Å². The number of carbonyl (C=O) groups is 1. The fourth-order valence-electron chi connectivity index (χ4n) is 2.26. The molecule has 0 aliphatic carbocycles. The van der Waals surface area contributed by atoms with E-state index in [9.17, 15) is 14.0 Å². The van der Waals surface area contributed by atoms with Gasteiger partial charge in [-0.25, -0.2) is 14.2 Å². The molecule has 2 aromatic heterocycles. The Balaban J connectivity index is 1.82. The lowest BCUT2D eigenvalue weighted by atomic mass is 10.2. The van der Waals surface area contributed by atoms with Gasteiger partial charge in [0.05, 0.1) is 11.3 Å². The lowest BCUT2D eigenvalue weighted by molar-refractivity contribution is 0.0469. The molecule has 3 rings (SSSR count). The molecule has 0 radical (unpaired) electrons. The fraction of sp³-hybridized carbons (Fsp3) is 0.118. The van der Waals surface area contributed by atoms with Crippen LogP contribution in [0.4, 0.5) is 10.1 Å². The highest BCUT2D eigenvalue weighted by Gasteiger charge is 2.13. The Morgan fingerprint density at radius 1 is 1.29 bits per heavy atom. The molecule has 0 fully saturated rings. The summed E-state index contributed by atoms with van der Waals surface area (Å²) in [5.41, 5.74) is 7.11. The molecule has 7 heteroatoms. The van der Waals surface area contributed by atoms with E-state index in [4.69, 9.17) is 10.5 Å². The van der Waals surface area contributed by atoms with Crippen LogP contribution in [-0.4, -0.2) is 15.4 Å². The van der Waals surface area contributed by atoms with Gasteiger partial charge in [-0.1, -0.05) is 0 Å². The molecule has 0 aliphatic rings. The minimum absolute atomic E-state index is 0.0119. The van der Waals surface area contributed by atoms with Gasteiger partial charge in [-0.2, -0.15) is 0 Å². The van der Waals surface area contributed by atoms with E-state index in [2.05, 4.69) is 4.98 Å². The highest BCUT2D eigenvalue weighted by Crippen LogP contribution is 2.15. The quantitative estimate of drug-likeness (QED) is 0.588. The third-order valence-corrected chi connectivity index (χ3v) is 3.46. The van der Waals surface area contributed by atoms with Gasteiger partial charge in [-0.3, -0.25) is 9.20 Å². The molecule has 0 saturated heterocycles. The van der Waals surface area contributed by atoms with Crippen LogP contribution in [0.15, 0.2) is 47.4 Å². The zero-order valence-corrected chi connectivity index (χ0v) is 12.8. The average Bonchev–Trinajstić information content (AvgIpc) is 2.52. The molecule has 2 heterocycles. The number of anilines is 1. The van der Waals surface area contributed by atoms with Gasteiger partial charge in [0.25, 0.3) is 5.56 Å². The molecule has 2 N–H and O–H groups in total. The fourth-order valence-corrected chi connectivity index (χ4v) is 2.26. The van der Waals surface area contributed by atoms with E-state index in [0.29, 0.717) is 11.3 Å². The Labute approximate surface area is 136 Å². The molecule has 122 valence electrons. The average molecular weight is 327 g/mol. The molecule has 1 aromatic carbocycles. The monoisotopic (exact) mass is 327 g/mol. The Morgan fingerprint density at radius 3 is 2.83 bits per heavy atom. The number of pyridine rings is 1. The smallest absolute Gasteiger partial charge is 0.340 e.